The third-order valence-electron chi connectivity index (χ3n) is 4.37. The molecular weight excluding hydrogens is 337 g/mol. The van der Waals surface area contributed by atoms with Crippen molar-refractivity contribution in [3.05, 3.63) is 30.1 Å². The highest BCUT2D eigenvalue weighted by Gasteiger charge is 2.36. The van der Waals surface area contributed by atoms with Crippen LogP contribution in [0.3, 0.4) is 0 Å². The Morgan fingerprint density at radius 1 is 1.40 bits per heavy atom. The largest absolute Gasteiger partial charge is 0.434 e. The van der Waals surface area contributed by atoms with Gasteiger partial charge in [-0.05, 0) is 12.8 Å². The van der Waals surface area contributed by atoms with Crippen LogP contribution in [0.2, 0.25) is 0 Å². The zero-order chi connectivity index (χ0) is 18.0. The van der Waals surface area contributed by atoms with E-state index in [0.29, 0.717) is 25.5 Å². The summed E-state index contributed by atoms with van der Waals surface area (Å²) in [7, 11) is 1.56. The lowest BCUT2D eigenvalue weighted by atomic mass is 9.97. The van der Waals surface area contributed by atoms with Crippen LogP contribution < -0.4 is 0 Å². The fraction of sp³-hybridized carbons (Fsp3) is 0.600. The molecule has 0 spiro atoms. The number of amides is 1. The summed E-state index contributed by atoms with van der Waals surface area (Å²) in [4.78, 5) is 17.8. The van der Waals surface area contributed by atoms with Crippen molar-refractivity contribution >= 4 is 5.91 Å². The number of imidazole rings is 1. The van der Waals surface area contributed by atoms with Gasteiger partial charge in [0.05, 0.1) is 12.7 Å². The van der Waals surface area contributed by atoms with Crippen LogP contribution in [0.1, 0.15) is 36.7 Å². The van der Waals surface area contributed by atoms with E-state index in [2.05, 4.69) is 15.3 Å². The molecule has 3 rings (SSSR count). The molecule has 3 heterocycles. The van der Waals surface area contributed by atoms with Gasteiger partial charge in [0, 0.05) is 44.9 Å². The maximum absolute atomic E-state index is 12.8. The van der Waals surface area contributed by atoms with Gasteiger partial charge in [0.25, 0.3) is 0 Å². The Balaban J connectivity index is 1.64. The number of piperidine rings is 1. The molecule has 0 radical (unpaired) electrons. The SMILES string of the molecule is Cn1cc(C(F)(F)F)nc1C1CCCN(C(=O)CCn2ccnn2)C1. The highest BCUT2D eigenvalue weighted by Crippen LogP contribution is 2.32. The Kier molecular flexibility index (Phi) is 4.78. The molecule has 1 fully saturated rings. The van der Waals surface area contributed by atoms with Crippen molar-refractivity contribution in [1.29, 1.82) is 0 Å². The maximum atomic E-state index is 12.8. The molecule has 0 saturated carbocycles. The van der Waals surface area contributed by atoms with Crippen molar-refractivity contribution in [2.75, 3.05) is 13.1 Å². The highest BCUT2D eigenvalue weighted by molar-refractivity contribution is 5.76. The molecule has 7 nitrogen and oxygen atoms in total. The lowest BCUT2D eigenvalue weighted by Crippen LogP contribution is -2.40. The first-order valence-corrected chi connectivity index (χ1v) is 8.07. The monoisotopic (exact) mass is 356 g/mol. The summed E-state index contributed by atoms with van der Waals surface area (Å²) < 4.78 is 41.5. The van der Waals surface area contributed by atoms with Crippen LogP contribution in [0.25, 0.3) is 0 Å². The first kappa shape index (κ1) is 17.4. The second kappa shape index (κ2) is 6.85. The van der Waals surface area contributed by atoms with Gasteiger partial charge < -0.3 is 9.47 Å². The molecule has 1 unspecified atom stereocenters. The number of alkyl halides is 3. The average Bonchev–Trinajstić information content (AvgIpc) is 3.21. The number of likely N-dealkylation sites (tertiary alicyclic amines) is 1. The first-order chi connectivity index (χ1) is 11.8. The summed E-state index contributed by atoms with van der Waals surface area (Å²) >= 11 is 0. The number of hydrogen-bond donors (Lipinski definition) is 0. The van der Waals surface area contributed by atoms with Crippen LogP contribution in [0.5, 0.6) is 0 Å². The molecule has 0 bridgehead atoms. The molecule has 2 aromatic rings. The van der Waals surface area contributed by atoms with E-state index in [4.69, 9.17) is 0 Å². The highest BCUT2D eigenvalue weighted by atomic mass is 19.4. The minimum Gasteiger partial charge on any atom is -0.342 e. The molecule has 0 aliphatic carbocycles. The third kappa shape index (κ3) is 3.99. The topological polar surface area (TPSA) is 68.8 Å². The molecule has 1 atom stereocenters. The number of nitrogens with zero attached hydrogens (tertiary/aromatic N) is 6. The maximum Gasteiger partial charge on any atom is 0.434 e. The zero-order valence-corrected chi connectivity index (χ0v) is 13.8. The average molecular weight is 356 g/mol. The van der Waals surface area contributed by atoms with Crippen LogP contribution in [-0.2, 0) is 24.6 Å². The summed E-state index contributed by atoms with van der Waals surface area (Å²) in [6.45, 7) is 1.43. The molecule has 0 N–H and O–H groups in total. The third-order valence-corrected chi connectivity index (χ3v) is 4.37. The van der Waals surface area contributed by atoms with Gasteiger partial charge in [-0.3, -0.25) is 9.48 Å². The molecule has 2 aromatic heterocycles. The Morgan fingerprint density at radius 3 is 2.84 bits per heavy atom. The molecule has 10 heteroatoms. The lowest BCUT2D eigenvalue weighted by molar-refractivity contribution is -0.141. The van der Waals surface area contributed by atoms with Crippen molar-refractivity contribution in [1.82, 2.24) is 29.4 Å². The van der Waals surface area contributed by atoms with E-state index in [0.717, 1.165) is 19.0 Å². The van der Waals surface area contributed by atoms with Crippen LogP contribution in [0.4, 0.5) is 13.2 Å². The van der Waals surface area contributed by atoms with Crippen molar-refractivity contribution in [2.24, 2.45) is 7.05 Å². The quantitative estimate of drug-likeness (QED) is 0.838. The zero-order valence-electron chi connectivity index (χ0n) is 13.8. The van der Waals surface area contributed by atoms with Crippen LogP contribution in [0, 0.1) is 0 Å². The van der Waals surface area contributed by atoms with E-state index in [1.54, 1.807) is 29.0 Å². The number of carbonyl (C=O) groups is 1. The Morgan fingerprint density at radius 2 is 2.20 bits per heavy atom. The Labute approximate surface area is 142 Å². The van der Waals surface area contributed by atoms with Crippen LogP contribution in [-0.4, -0.2) is 48.4 Å². The van der Waals surface area contributed by atoms with Gasteiger partial charge in [-0.2, -0.15) is 13.2 Å². The fourth-order valence-electron chi connectivity index (χ4n) is 3.13. The summed E-state index contributed by atoms with van der Waals surface area (Å²) in [6, 6.07) is 0. The van der Waals surface area contributed by atoms with Crippen molar-refractivity contribution in [3.63, 3.8) is 0 Å². The van der Waals surface area contributed by atoms with Gasteiger partial charge in [-0.15, -0.1) is 5.10 Å². The van der Waals surface area contributed by atoms with Gasteiger partial charge in [-0.25, -0.2) is 4.98 Å². The normalized spacial score (nSPS) is 18.6. The van der Waals surface area contributed by atoms with Gasteiger partial charge in [0.15, 0.2) is 5.69 Å². The summed E-state index contributed by atoms with van der Waals surface area (Å²) in [5.41, 5.74) is -0.889. The number of rotatable bonds is 4. The number of carbonyl (C=O) groups excluding carboxylic acids is 1. The minimum absolute atomic E-state index is 0.0366. The van der Waals surface area contributed by atoms with E-state index in [1.165, 1.54) is 4.57 Å². The molecule has 1 aliphatic heterocycles. The first-order valence-electron chi connectivity index (χ1n) is 8.07. The van der Waals surface area contributed by atoms with E-state index < -0.39 is 11.9 Å². The molecule has 1 saturated heterocycles. The van der Waals surface area contributed by atoms with Gasteiger partial charge in [0.2, 0.25) is 5.91 Å². The molecule has 0 aromatic carbocycles. The van der Waals surface area contributed by atoms with E-state index >= 15 is 0 Å². The van der Waals surface area contributed by atoms with Crippen molar-refractivity contribution in [2.45, 2.75) is 37.9 Å². The number of aryl methyl sites for hydroxylation is 2. The predicted molar refractivity (Wildman–Crippen MR) is 81.4 cm³/mol. The minimum atomic E-state index is -4.46. The number of aromatic nitrogens is 5. The van der Waals surface area contributed by atoms with Crippen molar-refractivity contribution < 1.29 is 18.0 Å². The van der Waals surface area contributed by atoms with Crippen LogP contribution >= 0.6 is 0 Å². The summed E-state index contributed by atoms with van der Waals surface area (Å²) in [5.74, 6) is 0.150. The number of hydrogen-bond acceptors (Lipinski definition) is 4. The van der Waals surface area contributed by atoms with E-state index in [1.807, 2.05) is 0 Å². The van der Waals surface area contributed by atoms with E-state index in [-0.39, 0.29) is 18.2 Å². The van der Waals surface area contributed by atoms with Crippen molar-refractivity contribution in [3.8, 4) is 0 Å². The molecule has 25 heavy (non-hydrogen) atoms. The standard InChI is InChI=1S/C15H19F3N6O/c1-22-10-12(15(16,17)18)20-14(22)11-3-2-6-23(9-11)13(25)4-7-24-8-5-19-21-24/h5,8,10-11H,2-4,6-7,9H2,1H3. The summed E-state index contributed by atoms with van der Waals surface area (Å²) in [5, 5.41) is 7.49. The predicted octanol–water partition coefficient (Wildman–Crippen LogP) is 1.83. The Bertz CT molecular complexity index is 724. The Hall–Kier alpha value is -2.39. The molecular formula is C15H19F3N6O. The summed E-state index contributed by atoms with van der Waals surface area (Å²) in [6.07, 6.45) is 1.51. The van der Waals surface area contributed by atoms with E-state index in [9.17, 15) is 18.0 Å². The second-order valence-electron chi connectivity index (χ2n) is 6.19. The smallest absolute Gasteiger partial charge is 0.342 e. The second-order valence-corrected chi connectivity index (χ2v) is 6.19. The van der Waals surface area contributed by atoms with Gasteiger partial charge in [0.1, 0.15) is 5.82 Å². The van der Waals surface area contributed by atoms with Gasteiger partial charge in [-0.1, -0.05) is 5.21 Å². The fourth-order valence-corrected chi connectivity index (χ4v) is 3.13. The number of halogens is 3. The molecule has 1 amide bonds. The molecule has 1 aliphatic rings. The van der Waals surface area contributed by atoms with Crippen LogP contribution in [0.15, 0.2) is 18.6 Å². The molecule has 136 valence electrons. The van der Waals surface area contributed by atoms with Gasteiger partial charge >= 0.3 is 6.18 Å². The lowest BCUT2D eigenvalue weighted by Gasteiger charge is -2.32.